The molecule has 1 aliphatic carbocycles. The second-order valence-corrected chi connectivity index (χ2v) is 12.5. The van der Waals surface area contributed by atoms with Gasteiger partial charge in [0.1, 0.15) is 26.4 Å². The van der Waals surface area contributed by atoms with Gasteiger partial charge in [-0.05, 0) is 58.7 Å². The Bertz CT molecular complexity index is 2480. The normalized spacial score (nSPS) is 13.9. The predicted octanol–water partition coefficient (Wildman–Crippen LogP) is 7.58. The molecule has 1 aliphatic rings. The number of ether oxygens (including phenoxy) is 4. The Balaban J connectivity index is 1.62. The van der Waals surface area contributed by atoms with Crippen molar-refractivity contribution in [3.63, 3.8) is 0 Å². The zero-order valence-corrected chi connectivity index (χ0v) is 29.5. The molecule has 7 rings (SSSR count). The monoisotopic (exact) mass is 702 g/mol. The van der Waals surface area contributed by atoms with E-state index < -0.39 is 0 Å². The summed E-state index contributed by atoms with van der Waals surface area (Å²) in [6.07, 6.45) is 34.7. The van der Waals surface area contributed by atoms with Crippen LogP contribution in [-0.2, 0) is 13.1 Å². The number of rotatable bonds is 12. The summed E-state index contributed by atoms with van der Waals surface area (Å²) in [6.45, 7) is 0.890. The van der Waals surface area contributed by atoms with E-state index in [9.17, 15) is 0 Å². The number of hydrogen-bond donors (Lipinski definition) is 0. The standard InChI is InChI=1S/C48H34N2O4/c1-7-25-49-37-19-15-13-17-35(37)45-44(34-22-24-40(52-28-10-4)42(32-34)54-30-12-6)48-46(36-18-14-16-20-38(36)50(48)26-8-2)43(47(45)49)33-21-23-39(51-27-9-3)41(31-33)53-29-11-5/h1-6,13-24,31-32,43-44H,25-30H2. The predicted molar refractivity (Wildman–Crippen MR) is 214 cm³/mol. The average molecular weight is 703 g/mol. The number of fused-ring (bicyclic) bond motifs is 6. The summed E-state index contributed by atoms with van der Waals surface area (Å²) in [5.41, 5.74) is 8.13. The van der Waals surface area contributed by atoms with E-state index in [1.807, 2.05) is 60.7 Å². The molecule has 6 aromatic rings. The van der Waals surface area contributed by atoms with Gasteiger partial charge in [0.2, 0.25) is 0 Å². The lowest BCUT2D eigenvalue weighted by Crippen LogP contribution is -2.24. The molecule has 0 spiro atoms. The van der Waals surface area contributed by atoms with Crippen LogP contribution in [0.25, 0.3) is 21.8 Å². The molecule has 2 unspecified atom stereocenters. The molecule has 0 N–H and O–H groups in total. The maximum Gasteiger partial charge on any atom is 0.163 e. The quantitative estimate of drug-likeness (QED) is 0.123. The van der Waals surface area contributed by atoms with Crippen LogP contribution in [-0.4, -0.2) is 35.6 Å². The summed E-state index contributed by atoms with van der Waals surface area (Å²) in [6, 6.07) is 28.4. The number of terminal acetylenes is 6. The van der Waals surface area contributed by atoms with E-state index in [1.165, 1.54) is 0 Å². The average Bonchev–Trinajstić information content (AvgIpc) is 3.70. The Morgan fingerprint density at radius 2 is 0.815 bits per heavy atom. The van der Waals surface area contributed by atoms with Crippen molar-refractivity contribution < 1.29 is 18.9 Å². The van der Waals surface area contributed by atoms with Gasteiger partial charge in [0.05, 0.1) is 24.9 Å². The van der Waals surface area contributed by atoms with Gasteiger partial charge in [0.15, 0.2) is 23.0 Å². The SMILES string of the molecule is C#CCOc1ccc(C2c3c(n(CC#C)c4ccccc34)C(c3ccc(OCC#C)c(OCC#C)c3)c3c2n(CC#C)c2ccccc32)cc1OCC#C. The van der Waals surface area contributed by atoms with Crippen molar-refractivity contribution in [3.05, 3.63) is 119 Å². The number of aromatic nitrogens is 2. The molecule has 260 valence electrons. The number of benzene rings is 4. The van der Waals surface area contributed by atoms with Crippen LogP contribution in [0.2, 0.25) is 0 Å². The molecule has 2 atom stereocenters. The molecule has 0 saturated heterocycles. The Hall–Kier alpha value is -7.48. The Kier molecular flexibility index (Phi) is 9.97. The molecule has 0 aliphatic heterocycles. The molecular weight excluding hydrogens is 669 g/mol. The molecule has 0 bridgehead atoms. The van der Waals surface area contributed by atoms with Crippen LogP contribution in [0.15, 0.2) is 84.9 Å². The smallest absolute Gasteiger partial charge is 0.163 e. The van der Waals surface area contributed by atoms with Crippen LogP contribution in [0.1, 0.15) is 45.5 Å². The van der Waals surface area contributed by atoms with Crippen molar-refractivity contribution in [2.45, 2.75) is 24.9 Å². The van der Waals surface area contributed by atoms with Gasteiger partial charge in [-0.25, -0.2) is 0 Å². The third-order valence-corrected chi connectivity index (χ3v) is 9.57. The van der Waals surface area contributed by atoms with Gasteiger partial charge >= 0.3 is 0 Å². The van der Waals surface area contributed by atoms with Crippen LogP contribution < -0.4 is 18.9 Å². The van der Waals surface area contributed by atoms with Crippen LogP contribution in [0, 0.1) is 74.1 Å². The number of para-hydroxylation sites is 2. The highest BCUT2D eigenvalue weighted by Gasteiger charge is 2.43. The molecule has 0 saturated carbocycles. The first-order chi connectivity index (χ1) is 26.6. The minimum absolute atomic E-state index is 0.0447. The first kappa shape index (κ1) is 34.9. The summed E-state index contributed by atoms with van der Waals surface area (Å²) >= 11 is 0. The van der Waals surface area contributed by atoms with Gasteiger partial charge in [-0.2, -0.15) is 0 Å². The summed E-state index contributed by atoms with van der Waals surface area (Å²) in [4.78, 5) is 0. The van der Waals surface area contributed by atoms with Gasteiger partial charge in [0.25, 0.3) is 0 Å². The van der Waals surface area contributed by atoms with Crippen molar-refractivity contribution in [1.82, 2.24) is 9.13 Å². The van der Waals surface area contributed by atoms with Gasteiger partial charge in [-0.15, -0.1) is 38.5 Å². The molecule has 6 heteroatoms. The van der Waals surface area contributed by atoms with Crippen molar-refractivity contribution >= 4 is 21.8 Å². The number of hydrogen-bond acceptors (Lipinski definition) is 4. The highest BCUT2D eigenvalue weighted by atomic mass is 16.5. The molecule has 2 aromatic heterocycles. The largest absolute Gasteiger partial charge is 0.477 e. The van der Waals surface area contributed by atoms with Crippen LogP contribution >= 0.6 is 0 Å². The zero-order valence-electron chi connectivity index (χ0n) is 29.5. The van der Waals surface area contributed by atoms with Crippen molar-refractivity contribution in [2.24, 2.45) is 0 Å². The van der Waals surface area contributed by atoms with Gasteiger partial charge < -0.3 is 28.1 Å². The lowest BCUT2D eigenvalue weighted by molar-refractivity contribution is 0.314. The van der Waals surface area contributed by atoms with Crippen LogP contribution in [0.3, 0.4) is 0 Å². The maximum atomic E-state index is 6.14. The topological polar surface area (TPSA) is 46.8 Å². The highest BCUT2D eigenvalue weighted by molar-refractivity contribution is 5.94. The molecule has 4 aromatic carbocycles. The minimum Gasteiger partial charge on any atom is -0.477 e. The number of nitrogens with zero attached hydrogens (tertiary/aromatic N) is 2. The lowest BCUT2D eigenvalue weighted by atomic mass is 9.72. The summed E-state index contributed by atoms with van der Waals surface area (Å²) in [5.74, 6) is 17.3. The lowest BCUT2D eigenvalue weighted by Gasteiger charge is -2.34. The Labute approximate surface area is 316 Å². The van der Waals surface area contributed by atoms with Crippen molar-refractivity contribution in [3.8, 4) is 97.1 Å². The van der Waals surface area contributed by atoms with E-state index in [1.54, 1.807) is 0 Å². The summed E-state index contributed by atoms with van der Waals surface area (Å²) < 4.78 is 28.4. The third-order valence-electron chi connectivity index (χ3n) is 9.57. The molecule has 0 amide bonds. The third kappa shape index (κ3) is 6.00. The minimum atomic E-state index is -0.332. The van der Waals surface area contributed by atoms with E-state index in [-0.39, 0.29) is 38.3 Å². The fourth-order valence-corrected chi connectivity index (χ4v) is 7.73. The van der Waals surface area contributed by atoms with Gasteiger partial charge in [-0.1, -0.05) is 84.1 Å². The Morgan fingerprint density at radius 1 is 0.444 bits per heavy atom. The van der Waals surface area contributed by atoms with E-state index in [0.717, 1.165) is 55.4 Å². The van der Waals surface area contributed by atoms with E-state index in [2.05, 4.69) is 68.9 Å². The molecule has 54 heavy (non-hydrogen) atoms. The fourth-order valence-electron chi connectivity index (χ4n) is 7.73. The van der Waals surface area contributed by atoms with E-state index in [0.29, 0.717) is 36.1 Å². The second-order valence-electron chi connectivity index (χ2n) is 12.5. The van der Waals surface area contributed by atoms with Gasteiger partial charge in [0, 0.05) is 33.2 Å². The molecule has 0 fully saturated rings. The van der Waals surface area contributed by atoms with Gasteiger partial charge in [-0.3, -0.25) is 0 Å². The molecule has 2 heterocycles. The molecular formula is C48H34N2O4. The van der Waals surface area contributed by atoms with E-state index >= 15 is 0 Å². The van der Waals surface area contributed by atoms with Crippen molar-refractivity contribution in [1.29, 1.82) is 0 Å². The molecule has 6 nitrogen and oxygen atoms in total. The highest BCUT2D eigenvalue weighted by Crippen LogP contribution is 2.56. The Morgan fingerprint density at radius 3 is 1.19 bits per heavy atom. The summed E-state index contributed by atoms with van der Waals surface area (Å²) in [7, 11) is 0. The van der Waals surface area contributed by atoms with Crippen LogP contribution in [0.5, 0.6) is 23.0 Å². The molecule has 0 radical (unpaired) electrons. The van der Waals surface area contributed by atoms with E-state index in [4.69, 9.17) is 57.5 Å². The van der Waals surface area contributed by atoms with Crippen LogP contribution in [0.4, 0.5) is 0 Å². The first-order valence-electron chi connectivity index (χ1n) is 17.2. The summed E-state index contributed by atoms with van der Waals surface area (Å²) in [5, 5.41) is 2.11. The first-order valence-corrected chi connectivity index (χ1v) is 17.2. The zero-order chi connectivity index (χ0) is 37.6. The fraction of sp³-hybridized carbons (Fsp3) is 0.167. The van der Waals surface area contributed by atoms with Crippen molar-refractivity contribution in [2.75, 3.05) is 26.4 Å². The second kappa shape index (κ2) is 15.4. The maximum absolute atomic E-state index is 6.14.